The molecule has 1 aliphatic rings. The molecular formula is C15H21Cl2N. The zero-order chi connectivity index (χ0) is 13.3. The Balaban J connectivity index is 2.30. The average Bonchev–Trinajstić information content (AvgIpc) is 2.65. The maximum absolute atomic E-state index is 6.13. The fourth-order valence-electron chi connectivity index (χ4n) is 3.28. The number of rotatable bonds is 3. The van der Waals surface area contributed by atoms with Crippen molar-refractivity contribution in [1.82, 2.24) is 5.32 Å². The molecule has 3 heteroatoms. The number of nitrogens with one attached hydrogen (secondary N) is 1. The summed E-state index contributed by atoms with van der Waals surface area (Å²) in [4.78, 5) is 0. The van der Waals surface area contributed by atoms with E-state index in [1.165, 1.54) is 24.8 Å². The highest BCUT2D eigenvalue weighted by Gasteiger charge is 2.39. The Morgan fingerprint density at radius 1 is 1.28 bits per heavy atom. The molecule has 1 aromatic rings. The highest BCUT2D eigenvalue weighted by Crippen LogP contribution is 2.48. The second-order valence-electron chi connectivity index (χ2n) is 5.93. The topological polar surface area (TPSA) is 12.0 Å². The first-order valence-electron chi connectivity index (χ1n) is 6.58. The lowest BCUT2D eigenvalue weighted by Crippen LogP contribution is -2.32. The SMILES string of the molecule is CNC(c1ccc(Cl)c(Cl)c1)C1CCCC1(C)C. The molecule has 2 atom stereocenters. The average molecular weight is 286 g/mol. The van der Waals surface area contributed by atoms with Gasteiger partial charge in [-0.1, -0.05) is 49.5 Å². The standard InChI is InChI=1S/C15H21Cl2N/c1-15(2)8-4-5-11(15)14(18-3)10-6-7-12(16)13(17)9-10/h6-7,9,11,14,18H,4-5,8H2,1-3H3. The summed E-state index contributed by atoms with van der Waals surface area (Å²) in [6.45, 7) is 4.74. The quantitative estimate of drug-likeness (QED) is 0.817. The number of hydrogen-bond donors (Lipinski definition) is 1. The van der Waals surface area contributed by atoms with Crippen LogP contribution in [-0.4, -0.2) is 7.05 Å². The molecule has 1 N–H and O–H groups in total. The van der Waals surface area contributed by atoms with E-state index < -0.39 is 0 Å². The summed E-state index contributed by atoms with van der Waals surface area (Å²) < 4.78 is 0. The van der Waals surface area contributed by atoms with Crippen LogP contribution in [0.1, 0.15) is 44.7 Å². The van der Waals surface area contributed by atoms with Crippen LogP contribution in [0.15, 0.2) is 18.2 Å². The predicted molar refractivity (Wildman–Crippen MR) is 79.4 cm³/mol. The van der Waals surface area contributed by atoms with Crippen LogP contribution in [0.3, 0.4) is 0 Å². The molecule has 0 spiro atoms. The molecule has 0 amide bonds. The lowest BCUT2D eigenvalue weighted by atomic mass is 9.75. The van der Waals surface area contributed by atoms with Crippen LogP contribution in [0, 0.1) is 11.3 Å². The smallest absolute Gasteiger partial charge is 0.0595 e. The lowest BCUT2D eigenvalue weighted by Gasteiger charge is -2.34. The number of halogens is 2. The van der Waals surface area contributed by atoms with Gasteiger partial charge in [0.05, 0.1) is 10.0 Å². The van der Waals surface area contributed by atoms with Crippen molar-refractivity contribution in [3.63, 3.8) is 0 Å². The summed E-state index contributed by atoms with van der Waals surface area (Å²) in [6, 6.07) is 6.34. The molecule has 0 aliphatic heterocycles. The van der Waals surface area contributed by atoms with Crippen molar-refractivity contribution in [1.29, 1.82) is 0 Å². The minimum Gasteiger partial charge on any atom is -0.313 e. The Hall–Kier alpha value is -0.240. The summed E-state index contributed by atoms with van der Waals surface area (Å²) in [6.07, 6.45) is 3.90. The van der Waals surface area contributed by atoms with Crippen LogP contribution in [-0.2, 0) is 0 Å². The fraction of sp³-hybridized carbons (Fsp3) is 0.600. The highest BCUT2D eigenvalue weighted by molar-refractivity contribution is 6.42. The van der Waals surface area contributed by atoms with Crippen molar-refractivity contribution in [2.45, 2.75) is 39.2 Å². The monoisotopic (exact) mass is 285 g/mol. The molecule has 0 saturated heterocycles. The third-order valence-corrected chi connectivity index (χ3v) is 5.10. The van der Waals surface area contributed by atoms with E-state index in [2.05, 4.69) is 25.2 Å². The van der Waals surface area contributed by atoms with E-state index in [1.807, 2.05) is 19.2 Å². The first kappa shape index (κ1) is 14.2. The zero-order valence-electron chi connectivity index (χ0n) is 11.3. The minimum absolute atomic E-state index is 0.359. The van der Waals surface area contributed by atoms with Crippen molar-refractivity contribution in [3.05, 3.63) is 33.8 Å². The minimum atomic E-state index is 0.359. The van der Waals surface area contributed by atoms with Gasteiger partial charge >= 0.3 is 0 Å². The van der Waals surface area contributed by atoms with Crippen molar-refractivity contribution in [2.24, 2.45) is 11.3 Å². The van der Waals surface area contributed by atoms with Gasteiger partial charge in [0.15, 0.2) is 0 Å². The van der Waals surface area contributed by atoms with Crippen LogP contribution in [0.5, 0.6) is 0 Å². The molecule has 1 nitrogen and oxygen atoms in total. The van der Waals surface area contributed by atoms with Crippen molar-refractivity contribution in [2.75, 3.05) is 7.05 Å². The van der Waals surface area contributed by atoms with Gasteiger partial charge in [-0.05, 0) is 48.9 Å². The Labute approximate surface area is 120 Å². The molecule has 18 heavy (non-hydrogen) atoms. The van der Waals surface area contributed by atoms with Gasteiger partial charge in [0, 0.05) is 6.04 Å². The highest BCUT2D eigenvalue weighted by atomic mass is 35.5. The molecule has 0 aromatic heterocycles. The summed E-state index contributed by atoms with van der Waals surface area (Å²) in [5.74, 6) is 0.653. The molecule has 1 fully saturated rings. The fourth-order valence-corrected chi connectivity index (χ4v) is 3.58. The van der Waals surface area contributed by atoms with Crippen LogP contribution in [0.4, 0.5) is 0 Å². The van der Waals surface area contributed by atoms with Gasteiger partial charge in [0.2, 0.25) is 0 Å². The third kappa shape index (κ3) is 2.68. The number of benzene rings is 1. The molecule has 100 valence electrons. The van der Waals surface area contributed by atoms with Crippen LogP contribution < -0.4 is 5.32 Å². The van der Waals surface area contributed by atoms with Crippen molar-refractivity contribution in [3.8, 4) is 0 Å². The first-order chi connectivity index (χ1) is 8.45. The van der Waals surface area contributed by atoms with E-state index in [9.17, 15) is 0 Å². The Morgan fingerprint density at radius 2 is 2.00 bits per heavy atom. The van der Waals surface area contributed by atoms with E-state index in [0.29, 0.717) is 27.4 Å². The molecule has 0 radical (unpaired) electrons. The van der Waals surface area contributed by atoms with Crippen molar-refractivity contribution >= 4 is 23.2 Å². The maximum Gasteiger partial charge on any atom is 0.0595 e. The normalized spacial score (nSPS) is 24.2. The Bertz CT molecular complexity index is 429. The molecule has 2 unspecified atom stereocenters. The van der Waals surface area contributed by atoms with Gasteiger partial charge in [-0.25, -0.2) is 0 Å². The van der Waals surface area contributed by atoms with Gasteiger partial charge < -0.3 is 5.32 Å². The molecule has 0 bridgehead atoms. The molecule has 2 rings (SSSR count). The summed E-state index contributed by atoms with van der Waals surface area (Å²) in [5, 5.41) is 4.73. The molecule has 1 aliphatic carbocycles. The van der Waals surface area contributed by atoms with E-state index in [-0.39, 0.29) is 0 Å². The maximum atomic E-state index is 6.13. The summed E-state index contributed by atoms with van der Waals surface area (Å²) in [5.41, 5.74) is 1.63. The molecule has 1 saturated carbocycles. The van der Waals surface area contributed by atoms with E-state index in [0.717, 1.165) is 0 Å². The van der Waals surface area contributed by atoms with Gasteiger partial charge in [-0.2, -0.15) is 0 Å². The summed E-state index contributed by atoms with van der Waals surface area (Å²) in [7, 11) is 2.03. The summed E-state index contributed by atoms with van der Waals surface area (Å²) >= 11 is 12.1. The molecular weight excluding hydrogens is 265 g/mol. The first-order valence-corrected chi connectivity index (χ1v) is 7.33. The second-order valence-corrected chi connectivity index (χ2v) is 6.74. The van der Waals surface area contributed by atoms with E-state index in [1.54, 1.807) is 0 Å². The Morgan fingerprint density at radius 3 is 2.50 bits per heavy atom. The zero-order valence-corrected chi connectivity index (χ0v) is 12.8. The van der Waals surface area contributed by atoms with Crippen LogP contribution in [0.2, 0.25) is 10.0 Å². The Kier molecular flexibility index (Phi) is 4.25. The van der Waals surface area contributed by atoms with Gasteiger partial charge in [-0.15, -0.1) is 0 Å². The van der Waals surface area contributed by atoms with Gasteiger partial charge in [0.25, 0.3) is 0 Å². The third-order valence-electron chi connectivity index (χ3n) is 4.36. The van der Waals surface area contributed by atoms with E-state index >= 15 is 0 Å². The van der Waals surface area contributed by atoms with Gasteiger partial charge in [0.1, 0.15) is 0 Å². The molecule has 1 aromatic carbocycles. The van der Waals surface area contributed by atoms with E-state index in [4.69, 9.17) is 23.2 Å². The largest absolute Gasteiger partial charge is 0.313 e. The van der Waals surface area contributed by atoms with Crippen LogP contribution in [0.25, 0.3) is 0 Å². The predicted octanol–water partition coefficient (Wildman–Crippen LogP) is 5.08. The lowest BCUT2D eigenvalue weighted by molar-refractivity contribution is 0.203. The van der Waals surface area contributed by atoms with Crippen LogP contribution >= 0.6 is 23.2 Å². The number of hydrogen-bond acceptors (Lipinski definition) is 1. The van der Waals surface area contributed by atoms with Crippen molar-refractivity contribution < 1.29 is 0 Å². The molecule has 0 heterocycles. The van der Waals surface area contributed by atoms with Gasteiger partial charge in [-0.3, -0.25) is 0 Å². The second kappa shape index (κ2) is 5.40.